The molecule has 0 radical (unpaired) electrons. The molecule has 0 fully saturated rings. The van der Waals surface area contributed by atoms with E-state index in [0.717, 1.165) is 22.0 Å². The average Bonchev–Trinajstić information content (AvgIpc) is 2.89. The number of carbonyl (C=O) groups excluding carboxylic acids is 1. The number of amides is 1. The second-order valence-electron chi connectivity index (χ2n) is 3.83. The summed E-state index contributed by atoms with van der Waals surface area (Å²) in [5.74, 6) is 1.82. The maximum atomic E-state index is 11.7. The Hall–Kier alpha value is -1.34. The van der Waals surface area contributed by atoms with Gasteiger partial charge in [-0.1, -0.05) is 0 Å². The van der Waals surface area contributed by atoms with Crippen molar-refractivity contribution in [2.24, 2.45) is 0 Å². The van der Waals surface area contributed by atoms with Crippen LogP contribution < -0.4 is 5.32 Å². The van der Waals surface area contributed by atoms with Gasteiger partial charge in [0.15, 0.2) is 0 Å². The highest BCUT2D eigenvalue weighted by Crippen LogP contribution is 2.15. The fourth-order valence-corrected chi connectivity index (χ4v) is 2.81. The minimum atomic E-state index is -0.0284. The van der Waals surface area contributed by atoms with Crippen LogP contribution in [0.25, 0.3) is 0 Å². The lowest BCUT2D eigenvalue weighted by Crippen LogP contribution is -2.15. The number of rotatable bonds is 5. The molecule has 0 aliphatic heterocycles. The van der Waals surface area contributed by atoms with E-state index in [2.05, 4.69) is 20.5 Å². The summed E-state index contributed by atoms with van der Waals surface area (Å²) in [5.41, 5.74) is 1.97. The number of hydrogen-bond donors (Lipinski definition) is 2. The SMILES string of the molecule is Cc1nc(CSCC(=O)Nc2[nH]ncc2C)cs1. The Bertz CT molecular complexity index is 535. The van der Waals surface area contributed by atoms with Crippen molar-refractivity contribution in [1.82, 2.24) is 15.2 Å². The van der Waals surface area contributed by atoms with Gasteiger partial charge >= 0.3 is 0 Å². The smallest absolute Gasteiger partial charge is 0.235 e. The predicted octanol–water partition coefficient (Wildman–Crippen LogP) is 2.35. The predicted molar refractivity (Wildman–Crippen MR) is 75.0 cm³/mol. The molecule has 0 aliphatic carbocycles. The highest BCUT2D eigenvalue weighted by Gasteiger charge is 2.07. The normalized spacial score (nSPS) is 10.6. The third kappa shape index (κ3) is 3.58. The molecule has 1 amide bonds. The van der Waals surface area contributed by atoms with Gasteiger partial charge in [0.1, 0.15) is 5.82 Å². The Morgan fingerprint density at radius 1 is 1.56 bits per heavy atom. The summed E-state index contributed by atoms with van der Waals surface area (Å²) in [5, 5.41) is 12.5. The van der Waals surface area contributed by atoms with Crippen molar-refractivity contribution in [1.29, 1.82) is 0 Å². The quantitative estimate of drug-likeness (QED) is 0.883. The Balaban J connectivity index is 1.74. The minimum absolute atomic E-state index is 0.0284. The summed E-state index contributed by atoms with van der Waals surface area (Å²) in [4.78, 5) is 16.0. The first-order chi connectivity index (χ1) is 8.65. The van der Waals surface area contributed by atoms with E-state index in [9.17, 15) is 4.79 Å². The largest absolute Gasteiger partial charge is 0.310 e. The van der Waals surface area contributed by atoms with Crippen molar-refractivity contribution in [3.63, 3.8) is 0 Å². The van der Waals surface area contributed by atoms with E-state index in [4.69, 9.17) is 0 Å². The maximum absolute atomic E-state index is 11.7. The number of aromatic amines is 1. The molecule has 0 aromatic carbocycles. The number of hydrogen-bond acceptors (Lipinski definition) is 5. The lowest BCUT2D eigenvalue weighted by atomic mass is 10.4. The fraction of sp³-hybridized carbons (Fsp3) is 0.364. The number of nitrogens with one attached hydrogen (secondary N) is 2. The highest BCUT2D eigenvalue weighted by molar-refractivity contribution is 7.99. The Morgan fingerprint density at radius 3 is 3.00 bits per heavy atom. The molecule has 2 aromatic heterocycles. The molecular formula is C11H14N4OS2. The zero-order valence-electron chi connectivity index (χ0n) is 10.2. The van der Waals surface area contributed by atoms with E-state index >= 15 is 0 Å². The van der Waals surface area contributed by atoms with Crippen molar-refractivity contribution in [3.05, 3.63) is 27.8 Å². The van der Waals surface area contributed by atoms with E-state index < -0.39 is 0 Å². The van der Waals surface area contributed by atoms with E-state index in [0.29, 0.717) is 11.6 Å². The van der Waals surface area contributed by atoms with Gasteiger partial charge in [-0.3, -0.25) is 9.89 Å². The summed E-state index contributed by atoms with van der Waals surface area (Å²) in [7, 11) is 0. The van der Waals surface area contributed by atoms with Gasteiger partial charge in [-0.15, -0.1) is 23.1 Å². The summed E-state index contributed by atoms with van der Waals surface area (Å²) in [6.45, 7) is 3.87. The molecule has 2 rings (SSSR count). The van der Waals surface area contributed by atoms with E-state index in [1.807, 2.05) is 19.2 Å². The molecule has 7 heteroatoms. The third-order valence-corrected chi connectivity index (χ3v) is 4.03. The molecule has 0 atom stereocenters. The molecule has 2 heterocycles. The number of H-pyrrole nitrogens is 1. The van der Waals surface area contributed by atoms with Gasteiger partial charge in [0.25, 0.3) is 0 Å². The van der Waals surface area contributed by atoms with Crippen molar-refractivity contribution in [3.8, 4) is 0 Å². The van der Waals surface area contributed by atoms with Crippen LogP contribution in [0, 0.1) is 13.8 Å². The highest BCUT2D eigenvalue weighted by atomic mass is 32.2. The van der Waals surface area contributed by atoms with Crippen molar-refractivity contribution >= 4 is 34.8 Å². The van der Waals surface area contributed by atoms with Crippen molar-refractivity contribution in [2.45, 2.75) is 19.6 Å². The van der Waals surface area contributed by atoms with E-state index in [1.54, 1.807) is 29.3 Å². The average molecular weight is 282 g/mol. The fourth-order valence-electron chi connectivity index (χ4n) is 1.37. The third-order valence-electron chi connectivity index (χ3n) is 2.24. The molecule has 0 saturated heterocycles. The van der Waals surface area contributed by atoms with E-state index in [-0.39, 0.29) is 5.91 Å². The molecule has 0 spiro atoms. The topological polar surface area (TPSA) is 70.7 Å². The number of aryl methyl sites for hydroxylation is 2. The Kier molecular flexibility index (Phi) is 4.38. The number of nitrogens with zero attached hydrogens (tertiary/aromatic N) is 2. The van der Waals surface area contributed by atoms with Crippen LogP contribution in [0.4, 0.5) is 5.82 Å². The van der Waals surface area contributed by atoms with Crippen LogP contribution in [0.3, 0.4) is 0 Å². The van der Waals surface area contributed by atoms with Gasteiger partial charge in [0.05, 0.1) is 22.7 Å². The van der Waals surface area contributed by atoms with E-state index in [1.165, 1.54) is 0 Å². The second-order valence-corrected chi connectivity index (χ2v) is 5.87. The summed E-state index contributed by atoms with van der Waals surface area (Å²) >= 11 is 3.18. The van der Waals surface area contributed by atoms with Crippen molar-refractivity contribution in [2.75, 3.05) is 11.1 Å². The van der Waals surface area contributed by atoms with Gasteiger partial charge in [-0.2, -0.15) is 5.10 Å². The van der Waals surface area contributed by atoms with Crippen LogP contribution in [-0.2, 0) is 10.5 Å². The zero-order chi connectivity index (χ0) is 13.0. The molecular weight excluding hydrogens is 268 g/mol. The van der Waals surface area contributed by atoms with Crippen LogP contribution >= 0.6 is 23.1 Å². The molecule has 5 nitrogen and oxygen atoms in total. The van der Waals surface area contributed by atoms with Gasteiger partial charge in [0.2, 0.25) is 5.91 Å². The molecule has 2 N–H and O–H groups in total. The van der Waals surface area contributed by atoms with Gasteiger partial charge in [0, 0.05) is 16.7 Å². The van der Waals surface area contributed by atoms with Gasteiger partial charge < -0.3 is 5.32 Å². The molecule has 0 saturated carbocycles. The van der Waals surface area contributed by atoms with Crippen molar-refractivity contribution < 1.29 is 4.79 Å². The number of anilines is 1. The van der Waals surface area contributed by atoms with Crippen LogP contribution in [0.2, 0.25) is 0 Å². The second kappa shape index (κ2) is 6.01. The molecule has 96 valence electrons. The maximum Gasteiger partial charge on any atom is 0.235 e. The summed E-state index contributed by atoms with van der Waals surface area (Å²) < 4.78 is 0. The number of thioether (sulfide) groups is 1. The standard InChI is InChI=1S/C11H14N4OS2/c1-7-3-12-15-11(7)14-10(16)6-17-4-9-5-18-8(2)13-9/h3,5H,4,6H2,1-2H3,(H2,12,14,15,16). The zero-order valence-corrected chi connectivity index (χ0v) is 11.8. The first kappa shape index (κ1) is 13.1. The molecule has 0 aliphatic rings. The lowest BCUT2D eigenvalue weighted by Gasteiger charge is -2.02. The van der Waals surface area contributed by atoms with Crippen LogP contribution in [0.15, 0.2) is 11.6 Å². The Morgan fingerprint density at radius 2 is 2.39 bits per heavy atom. The molecule has 2 aromatic rings. The molecule has 18 heavy (non-hydrogen) atoms. The molecule has 0 bridgehead atoms. The first-order valence-electron chi connectivity index (χ1n) is 5.43. The number of thiazole rings is 1. The summed E-state index contributed by atoms with van der Waals surface area (Å²) in [6.07, 6.45) is 1.68. The minimum Gasteiger partial charge on any atom is -0.310 e. The van der Waals surface area contributed by atoms with Gasteiger partial charge in [-0.25, -0.2) is 4.98 Å². The van der Waals surface area contributed by atoms with Crippen LogP contribution in [-0.4, -0.2) is 26.8 Å². The molecule has 0 unspecified atom stereocenters. The first-order valence-corrected chi connectivity index (χ1v) is 7.47. The lowest BCUT2D eigenvalue weighted by molar-refractivity contribution is -0.113. The van der Waals surface area contributed by atoms with Crippen LogP contribution in [0.5, 0.6) is 0 Å². The van der Waals surface area contributed by atoms with Crippen LogP contribution in [0.1, 0.15) is 16.3 Å². The Labute approximate surface area is 113 Å². The number of carbonyl (C=O) groups is 1. The summed E-state index contributed by atoms with van der Waals surface area (Å²) in [6, 6.07) is 0. The van der Waals surface area contributed by atoms with Gasteiger partial charge in [-0.05, 0) is 13.8 Å². The monoisotopic (exact) mass is 282 g/mol. The number of aromatic nitrogens is 3.